The van der Waals surface area contributed by atoms with Gasteiger partial charge in [0.15, 0.2) is 5.79 Å². The van der Waals surface area contributed by atoms with Crippen molar-refractivity contribution >= 4 is 11.6 Å². The van der Waals surface area contributed by atoms with E-state index in [4.69, 9.17) is 21.1 Å². The molecule has 1 aromatic rings. The molecule has 0 spiro atoms. The van der Waals surface area contributed by atoms with Gasteiger partial charge in [0.25, 0.3) is 0 Å². The molecule has 1 fully saturated rings. The maximum absolute atomic E-state index is 13.1. The zero-order valence-electron chi connectivity index (χ0n) is 7.72. The summed E-state index contributed by atoms with van der Waals surface area (Å²) in [4.78, 5) is 0. The first-order valence-electron chi connectivity index (χ1n) is 4.35. The fourth-order valence-electron chi connectivity index (χ4n) is 1.50. The molecule has 0 aliphatic carbocycles. The Balaban J connectivity index is 2.40. The highest BCUT2D eigenvalue weighted by Gasteiger charge is 2.33. The SMILES string of the molecule is CC1(c2cc(F)cc(Cl)c2)OCCO1. The molecule has 0 unspecified atom stereocenters. The molecule has 76 valence electrons. The molecule has 2 nitrogen and oxygen atoms in total. The van der Waals surface area contributed by atoms with E-state index >= 15 is 0 Å². The molecule has 0 saturated carbocycles. The smallest absolute Gasteiger partial charge is 0.192 e. The summed E-state index contributed by atoms with van der Waals surface area (Å²) in [5, 5.41) is 0.348. The van der Waals surface area contributed by atoms with E-state index < -0.39 is 5.79 Å². The lowest BCUT2D eigenvalue weighted by Crippen LogP contribution is -2.22. The number of ether oxygens (including phenoxy) is 2. The van der Waals surface area contributed by atoms with Crippen LogP contribution < -0.4 is 0 Å². The van der Waals surface area contributed by atoms with Crippen molar-refractivity contribution in [3.8, 4) is 0 Å². The molecule has 1 aliphatic heterocycles. The van der Waals surface area contributed by atoms with E-state index in [1.807, 2.05) is 0 Å². The molecule has 0 N–H and O–H groups in total. The van der Waals surface area contributed by atoms with Crippen LogP contribution in [0.2, 0.25) is 5.02 Å². The first kappa shape index (κ1) is 9.90. The molecule has 1 aromatic carbocycles. The molecule has 0 radical (unpaired) electrons. The van der Waals surface area contributed by atoms with Crippen LogP contribution in [0.5, 0.6) is 0 Å². The Morgan fingerprint density at radius 2 is 1.93 bits per heavy atom. The molecular formula is C10H10ClFO2. The summed E-state index contributed by atoms with van der Waals surface area (Å²) >= 11 is 5.74. The molecule has 14 heavy (non-hydrogen) atoms. The van der Waals surface area contributed by atoms with Crippen LogP contribution in [-0.4, -0.2) is 13.2 Å². The highest BCUT2D eigenvalue weighted by Crippen LogP contribution is 2.32. The quantitative estimate of drug-likeness (QED) is 0.719. The van der Waals surface area contributed by atoms with Crippen LogP contribution in [0.15, 0.2) is 18.2 Å². The molecule has 1 aliphatic rings. The van der Waals surface area contributed by atoms with E-state index in [2.05, 4.69) is 0 Å². The number of benzene rings is 1. The first-order valence-corrected chi connectivity index (χ1v) is 4.72. The van der Waals surface area contributed by atoms with Crippen molar-refractivity contribution in [3.05, 3.63) is 34.6 Å². The molecule has 0 bridgehead atoms. The lowest BCUT2D eigenvalue weighted by Gasteiger charge is -2.22. The average Bonchev–Trinajstić information content (AvgIpc) is 2.52. The Bertz CT molecular complexity index is 328. The van der Waals surface area contributed by atoms with Gasteiger partial charge in [0, 0.05) is 10.6 Å². The van der Waals surface area contributed by atoms with E-state index in [1.165, 1.54) is 12.1 Å². The minimum absolute atomic E-state index is 0.348. The minimum atomic E-state index is -0.855. The van der Waals surface area contributed by atoms with Crippen molar-refractivity contribution in [3.63, 3.8) is 0 Å². The van der Waals surface area contributed by atoms with Crippen molar-refractivity contribution in [2.24, 2.45) is 0 Å². The fourth-order valence-corrected chi connectivity index (χ4v) is 1.72. The third-order valence-corrected chi connectivity index (χ3v) is 2.44. The van der Waals surface area contributed by atoms with Crippen LogP contribution >= 0.6 is 11.6 Å². The standard InChI is InChI=1S/C10H10ClFO2/c1-10(13-2-3-14-10)7-4-8(11)6-9(12)5-7/h4-6H,2-3H2,1H3. The molecule has 1 saturated heterocycles. The van der Waals surface area contributed by atoms with Crippen molar-refractivity contribution in [1.82, 2.24) is 0 Å². The Morgan fingerprint density at radius 3 is 2.50 bits per heavy atom. The van der Waals surface area contributed by atoms with Gasteiger partial charge in [-0.3, -0.25) is 0 Å². The summed E-state index contributed by atoms with van der Waals surface area (Å²) in [7, 11) is 0. The number of hydrogen-bond acceptors (Lipinski definition) is 2. The minimum Gasteiger partial charge on any atom is -0.344 e. The lowest BCUT2D eigenvalue weighted by atomic mass is 10.1. The van der Waals surface area contributed by atoms with Gasteiger partial charge in [-0.15, -0.1) is 0 Å². The Labute approximate surface area is 86.6 Å². The van der Waals surface area contributed by atoms with E-state index in [9.17, 15) is 4.39 Å². The zero-order chi connectivity index (χ0) is 10.2. The van der Waals surface area contributed by atoms with Crippen molar-refractivity contribution in [2.45, 2.75) is 12.7 Å². The second-order valence-corrected chi connectivity index (χ2v) is 3.74. The topological polar surface area (TPSA) is 18.5 Å². The second kappa shape index (κ2) is 3.50. The molecule has 0 amide bonds. The first-order chi connectivity index (χ1) is 6.60. The summed E-state index contributed by atoms with van der Waals surface area (Å²) in [6.45, 7) is 2.79. The van der Waals surface area contributed by atoms with Crippen LogP contribution in [0.3, 0.4) is 0 Å². The number of rotatable bonds is 1. The Kier molecular flexibility index (Phi) is 2.47. The summed E-state index contributed by atoms with van der Waals surface area (Å²) < 4.78 is 23.8. The van der Waals surface area contributed by atoms with Gasteiger partial charge in [0.05, 0.1) is 13.2 Å². The Hall–Kier alpha value is -0.640. The van der Waals surface area contributed by atoms with Crippen LogP contribution in [0, 0.1) is 5.82 Å². The van der Waals surface area contributed by atoms with Gasteiger partial charge in [-0.2, -0.15) is 0 Å². The molecule has 2 rings (SSSR count). The van der Waals surface area contributed by atoms with Crippen LogP contribution in [0.25, 0.3) is 0 Å². The predicted molar refractivity (Wildman–Crippen MR) is 50.7 cm³/mol. The van der Waals surface area contributed by atoms with Gasteiger partial charge in [0.2, 0.25) is 0 Å². The van der Waals surface area contributed by atoms with Gasteiger partial charge < -0.3 is 9.47 Å². The fraction of sp³-hybridized carbons (Fsp3) is 0.400. The van der Waals surface area contributed by atoms with Gasteiger partial charge in [-0.25, -0.2) is 4.39 Å². The zero-order valence-corrected chi connectivity index (χ0v) is 8.47. The second-order valence-electron chi connectivity index (χ2n) is 3.30. The Morgan fingerprint density at radius 1 is 1.29 bits per heavy atom. The van der Waals surface area contributed by atoms with E-state index in [0.29, 0.717) is 23.8 Å². The maximum Gasteiger partial charge on any atom is 0.192 e. The third kappa shape index (κ3) is 1.75. The van der Waals surface area contributed by atoms with Crippen LogP contribution in [-0.2, 0) is 15.3 Å². The molecular weight excluding hydrogens is 207 g/mol. The van der Waals surface area contributed by atoms with Gasteiger partial charge in [-0.1, -0.05) is 11.6 Å². The number of hydrogen-bond donors (Lipinski definition) is 0. The normalized spacial score (nSPS) is 19.9. The lowest BCUT2D eigenvalue weighted by molar-refractivity contribution is -0.149. The van der Waals surface area contributed by atoms with E-state index in [-0.39, 0.29) is 5.82 Å². The van der Waals surface area contributed by atoms with Crippen molar-refractivity contribution in [2.75, 3.05) is 13.2 Å². The molecule has 0 aromatic heterocycles. The van der Waals surface area contributed by atoms with Gasteiger partial charge in [0.1, 0.15) is 5.82 Å². The highest BCUT2D eigenvalue weighted by molar-refractivity contribution is 6.30. The molecule has 1 heterocycles. The number of halogens is 2. The largest absolute Gasteiger partial charge is 0.344 e. The van der Waals surface area contributed by atoms with Crippen LogP contribution in [0.1, 0.15) is 12.5 Å². The summed E-state index contributed by atoms with van der Waals surface area (Å²) in [6, 6.07) is 4.27. The maximum atomic E-state index is 13.1. The summed E-state index contributed by atoms with van der Waals surface area (Å²) in [6.07, 6.45) is 0. The summed E-state index contributed by atoms with van der Waals surface area (Å²) in [5.74, 6) is -1.24. The van der Waals surface area contributed by atoms with Crippen LogP contribution in [0.4, 0.5) is 4.39 Å². The van der Waals surface area contributed by atoms with Gasteiger partial charge in [-0.05, 0) is 25.1 Å². The molecule has 4 heteroatoms. The van der Waals surface area contributed by atoms with Crippen molar-refractivity contribution < 1.29 is 13.9 Å². The average molecular weight is 217 g/mol. The molecule has 0 atom stereocenters. The third-order valence-electron chi connectivity index (χ3n) is 2.23. The highest BCUT2D eigenvalue weighted by atomic mass is 35.5. The van der Waals surface area contributed by atoms with Crippen molar-refractivity contribution in [1.29, 1.82) is 0 Å². The monoisotopic (exact) mass is 216 g/mol. The summed E-state index contributed by atoms with van der Waals surface area (Å²) in [5.41, 5.74) is 0.611. The van der Waals surface area contributed by atoms with E-state index in [0.717, 1.165) is 0 Å². The predicted octanol–water partition coefficient (Wildman–Crippen LogP) is 2.70. The van der Waals surface area contributed by atoms with E-state index in [1.54, 1.807) is 13.0 Å². The van der Waals surface area contributed by atoms with Gasteiger partial charge >= 0.3 is 0 Å².